The van der Waals surface area contributed by atoms with Crippen LogP contribution in [-0.4, -0.2) is 41.2 Å². The van der Waals surface area contributed by atoms with Gasteiger partial charge in [0.15, 0.2) is 5.13 Å². The molecular formula is C12H21N3OS. The Labute approximate surface area is 107 Å². The summed E-state index contributed by atoms with van der Waals surface area (Å²) in [6.45, 7) is 6.55. The zero-order valence-electron chi connectivity index (χ0n) is 10.4. The van der Waals surface area contributed by atoms with Crippen molar-refractivity contribution >= 4 is 16.5 Å². The maximum absolute atomic E-state index is 9.09. The van der Waals surface area contributed by atoms with E-state index in [2.05, 4.69) is 22.1 Å². The predicted molar refractivity (Wildman–Crippen MR) is 71.4 cm³/mol. The minimum absolute atomic E-state index is 0.346. The summed E-state index contributed by atoms with van der Waals surface area (Å²) < 4.78 is 0. The van der Waals surface area contributed by atoms with Crippen molar-refractivity contribution in [1.29, 1.82) is 0 Å². The van der Waals surface area contributed by atoms with E-state index in [4.69, 9.17) is 5.11 Å². The van der Waals surface area contributed by atoms with Crippen LogP contribution in [0.25, 0.3) is 0 Å². The molecule has 0 atom stereocenters. The number of aliphatic hydroxyl groups excluding tert-OH is 1. The standard InChI is InChI=1S/C12H21N3OS/c1-2-13-12-14-7-11(17-12)8-15-5-3-10(9-16)4-6-15/h7,10,16H,2-6,8-9H2,1H3,(H,13,14). The number of nitrogens with zero attached hydrogens (tertiary/aromatic N) is 2. The summed E-state index contributed by atoms with van der Waals surface area (Å²) in [5.41, 5.74) is 0. The molecule has 5 heteroatoms. The molecule has 1 aromatic heterocycles. The van der Waals surface area contributed by atoms with Crippen LogP contribution < -0.4 is 5.32 Å². The van der Waals surface area contributed by atoms with Gasteiger partial charge < -0.3 is 10.4 Å². The smallest absolute Gasteiger partial charge is 0.182 e. The SMILES string of the molecule is CCNc1ncc(CN2CCC(CO)CC2)s1. The number of anilines is 1. The molecule has 2 heterocycles. The van der Waals surface area contributed by atoms with Crippen molar-refractivity contribution in [3.05, 3.63) is 11.1 Å². The molecule has 1 aromatic rings. The van der Waals surface area contributed by atoms with E-state index in [9.17, 15) is 0 Å². The van der Waals surface area contributed by atoms with Crippen molar-refractivity contribution < 1.29 is 5.11 Å². The molecule has 0 saturated carbocycles. The largest absolute Gasteiger partial charge is 0.396 e. The van der Waals surface area contributed by atoms with E-state index in [-0.39, 0.29) is 0 Å². The van der Waals surface area contributed by atoms with Gasteiger partial charge in [0.2, 0.25) is 0 Å². The van der Waals surface area contributed by atoms with Crippen molar-refractivity contribution in [3.63, 3.8) is 0 Å². The van der Waals surface area contributed by atoms with E-state index in [1.807, 2.05) is 6.20 Å². The van der Waals surface area contributed by atoms with Crippen LogP contribution in [0.4, 0.5) is 5.13 Å². The van der Waals surface area contributed by atoms with E-state index in [1.54, 1.807) is 11.3 Å². The van der Waals surface area contributed by atoms with Crippen molar-refractivity contribution in [2.45, 2.75) is 26.3 Å². The van der Waals surface area contributed by atoms with Crippen molar-refractivity contribution in [3.8, 4) is 0 Å². The summed E-state index contributed by atoms with van der Waals surface area (Å²) in [6, 6.07) is 0. The third-order valence-corrected chi connectivity index (χ3v) is 4.17. The number of thiazole rings is 1. The topological polar surface area (TPSA) is 48.4 Å². The highest BCUT2D eigenvalue weighted by Crippen LogP contribution is 2.22. The fraction of sp³-hybridized carbons (Fsp3) is 0.750. The maximum Gasteiger partial charge on any atom is 0.182 e. The van der Waals surface area contributed by atoms with Gasteiger partial charge in [0.25, 0.3) is 0 Å². The van der Waals surface area contributed by atoms with E-state index in [0.717, 1.165) is 44.2 Å². The van der Waals surface area contributed by atoms with Crippen LogP contribution in [-0.2, 0) is 6.54 Å². The Morgan fingerprint density at radius 1 is 1.53 bits per heavy atom. The third-order valence-electron chi connectivity index (χ3n) is 3.23. The number of piperidine rings is 1. The van der Waals surface area contributed by atoms with Crippen LogP contribution in [0.3, 0.4) is 0 Å². The molecule has 0 aliphatic carbocycles. The van der Waals surface area contributed by atoms with E-state index in [0.29, 0.717) is 12.5 Å². The molecule has 2 rings (SSSR count). The fourth-order valence-corrected chi connectivity index (χ4v) is 3.08. The molecule has 1 saturated heterocycles. The Morgan fingerprint density at radius 3 is 2.94 bits per heavy atom. The molecule has 0 amide bonds. The molecule has 0 spiro atoms. The normalized spacial score (nSPS) is 18.5. The maximum atomic E-state index is 9.09. The second-order valence-electron chi connectivity index (χ2n) is 4.56. The number of hydrogen-bond donors (Lipinski definition) is 2. The van der Waals surface area contributed by atoms with Gasteiger partial charge in [-0.3, -0.25) is 4.90 Å². The lowest BCUT2D eigenvalue weighted by molar-refractivity contribution is 0.128. The van der Waals surface area contributed by atoms with E-state index >= 15 is 0 Å². The van der Waals surface area contributed by atoms with Gasteiger partial charge in [0.05, 0.1) is 0 Å². The van der Waals surface area contributed by atoms with Gasteiger partial charge in [-0.1, -0.05) is 0 Å². The zero-order chi connectivity index (χ0) is 12.1. The molecule has 1 aliphatic heterocycles. The first-order valence-corrected chi connectivity index (χ1v) is 7.15. The van der Waals surface area contributed by atoms with Crippen molar-refractivity contribution in [2.24, 2.45) is 5.92 Å². The van der Waals surface area contributed by atoms with Gasteiger partial charge in [0, 0.05) is 30.8 Å². The van der Waals surface area contributed by atoms with Crippen LogP contribution in [0.5, 0.6) is 0 Å². The highest BCUT2D eigenvalue weighted by Gasteiger charge is 2.18. The summed E-state index contributed by atoms with van der Waals surface area (Å²) in [7, 11) is 0. The molecular weight excluding hydrogens is 234 g/mol. The second-order valence-corrected chi connectivity index (χ2v) is 5.68. The molecule has 0 aromatic carbocycles. The Morgan fingerprint density at radius 2 is 2.29 bits per heavy atom. The summed E-state index contributed by atoms with van der Waals surface area (Å²) >= 11 is 1.74. The number of hydrogen-bond acceptors (Lipinski definition) is 5. The van der Waals surface area contributed by atoms with Crippen LogP contribution in [0, 0.1) is 5.92 Å². The monoisotopic (exact) mass is 255 g/mol. The molecule has 17 heavy (non-hydrogen) atoms. The lowest BCUT2D eigenvalue weighted by atomic mass is 9.98. The second kappa shape index (κ2) is 6.33. The lowest BCUT2D eigenvalue weighted by Crippen LogP contribution is -2.34. The van der Waals surface area contributed by atoms with Crippen LogP contribution in [0.15, 0.2) is 6.20 Å². The lowest BCUT2D eigenvalue weighted by Gasteiger charge is -2.30. The molecule has 1 aliphatic rings. The molecule has 1 fully saturated rings. The Balaban J connectivity index is 1.80. The third kappa shape index (κ3) is 3.66. The Bertz CT molecular complexity index is 334. The summed E-state index contributed by atoms with van der Waals surface area (Å²) in [5.74, 6) is 0.519. The molecule has 0 bridgehead atoms. The van der Waals surface area contributed by atoms with Crippen LogP contribution in [0.1, 0.15) is 24.6 Å². The highest BCUT2D eigenvalue weighted by molar-refractivity contribution is 7.15. The van der Waals surface area contributed by atoms with Crippen molar-refractivity contribution in [1.82, 2.24) is 9.88 Å². The van der Waals surface area contributed by atoms with Crippen molar-refractivity contribution in [2.75, 3.05) is 31.6 Å². The summed E-state index contributed by atoms with van der Waals surface area (Å²) in [6.07, 6.45) is 4.21. The predicted octanol–water partition coefficient (Wildman–Crippen LogP) is 1.78. The summed E-state index contributed by atoms with van der Waals surface area (Å²) in [5, 5.41) is 13.4. The molecule has 4 nitrogen and oxygen atoms in total. The molecule has 0 radical (unpaired) electrons. The van der Waals surface area contributed by atoms with E-state index < -0.39 is 0 Å². The first-order chi connectivity index (χ1) is 8.31. The van der Waals surface area contributed by atoms with Gasteiger partial charge >= 0.3 is 0 Å². The average Bonchev–Trinajstić information content (AvgIpc) is 2.78. The number of aliphatic hydroxyl groups is 1. The van der Waals surface area contributed by atoms with Crippen LogP contribution >= 0.6 is 11.3 Å². The average molecular weight is 255 g/mol. The Kier molecular flexibility index (Phi) is 4.76. The number of likely N-dealkylation sites (tertiary alicyclic amines) is 1. The number of rotatable bonds is 5. The molecule has 96 valence electrons. The minimum atomic E-state index is 0.346. The van der Waals surface area contributed by atoms with Gasteiger partial charge in [-0.2, -0.15) is 0 Å². The first kappa shape index (κ1) is 12.8. The van der Waals surface area contributed by atoms with Gasteiger partial charge in [-0.15, -0.1) is 11.3 Å². The molecule has 0 unspecified atom stereocenters. The first-order valence-electron chi connectivity index (χ1n) is 6.33. The molecule has 2 N–H and O–H groups in total. The number of aromatic nitrogens is 1. The van der Waals surface area contributed by atoms with Crippen LogP contribution in [0.2, 0.25) is 0 Å². The quantitative estimate of drug-likeness (QED) is 0.842. The van der Waals surface area contributed by atoms with Gasteiger partial charge in [-0.05, 0) is 38.8 Å². The highest BCUT2D eigenvalue weighted by atomic mass is 32.1. The minimum Gasteiger partial charge on any atom is -0.396 e. The Hall–Kier alpha value is -0.650. The summed E-state index contributed by atoms with van der Waals surface area (Å²) in [4.78, 5) is 8.12. The van der Waals surface area contributed by atoms with Gasteiger partial charge in [0.1, 0.15) is 0 Å². The van der Waals surface area contributed by atoms with E-state index in [1.165, 1.54) is 4.88 Å². The zero-order valence-corrected chi connectivity index (χ0v) is 11.2. The van der Waals surface area contributed by atoms with Gasteiger partial charge in [-0.25, -0.2) is 4.98 Å². The fourth-order valence-electron chi connectivity index (χ4n) is 2.16. The number of nitrogens with one attached hydrogen (secondary N) is 1.